The number of hydrogen-bond donors (Lipinski definition) is 0. The van der Waals surface area contributed by atoms with Crippen LogP contribution in [0.2, 0.25) is 0 Å². The molecule has 250 valence electrons. The summed E-state index contributed by atoms with van der Waals surface area (Å²) in [5, 5.41) is 0. The lowest BCUT2D eigenvalue weighted by Crippen LogP contribution is -2.68. The molecule has 2 aliphatic heterocycles. The first-order valence-corrected chi connectivity index (χ1v) is 15.4. The third kappa shape index (κ3) is 5.95. The van der Waals surface area contributed by atoms with Gasteiger partial charge in [-0.2, -0.15) is 0 Å². The number of carbonyl (C=O) groups excluding carboxylic acids is 6. The van der Waals surface area contributed by atoms with E-state index >= 15 is 0 Å². The van der Waals surface area contributed by atoms with Crippen LogP contribution in [-0.2, 0) is 61.9 Å². The molecule has 2 saturated heterocycles. The van der Waals surface area contributed by atoms with E-state index in [4.69, 9.17) is 33.2 Å². The van der Waals surface area contributed by atoms with Gasteiger partial charge in [-0.25, -0.2) is 4.79 Å². The van der Waals surface area contributed by atoms with Crippen LogP contribution in [-0.4, -0.2) is 83.6 Å². The Balaban J connectivity index is 2.07. The zero-order chi connectivity index (χ0) is 33.6. The second-order valence-electron chi connectivity index (χ2n) is 13.0. The molecule has 3 fully saturated rings. The van der Waals surface area contributed by atoms with Crippen LogP contribution in [0.4, 0.5) is 0 Å². The van der Waals surface area contributed by atoms with Crippen molar-refractivity contribution >= 4 is 35.8 Å². The van der Waals surface area contributed by atoms with Crippen molar-refractivity contribution in [2.75, 3.05) is 0 Å². The van der Waals surface area contributed by atoms with Crippen molar-refractivity contribution < 1.29 is 61.9 Å². The van der Waals surface area contributed by atoms with Crippen LogP contribution < -0.4 is 0 Å². The zero-order valence-electron chi connectivity index (χ0n) is 27.3. The van der Waals surface area contributed by atoms with Crippen LogP contribution in [0.25, 0.3) is 0 Å². The molecule has 13 nitrogen and oxygen atoms in total. The van der Waals surface area contributed by atoms with E-state index in [1.807, 2.05) is 6.92 Å². The van der Waals surface area contributed by atoms with Gasteiger partial charge in [-0.15, -0.1) is 0 Å². The lowest BCUT2D eigenvalue weighted by molar-refractivity contribution is -0.247. The molecule has 1 saturated carbocycles. The average Bonchev–Trinajstić information content (AvgIpc) is 3.49. The Kier molecular flexibility index (Phi) is 9.46. The molecule has 0 N–H and O–H groups in total. The van der Waals surface area contributed by atoms with E-state index < -0.39 is 101 Å². The molecule has 4 rings (SSSR count). The summed E-state index contributed by atoms with van der Waals surface area (Å²) in [4.78, 5) is 76.9. The SMILES string of the molecule is CCCC(=O)O[C@H]1CC(C)=C[C@@H]2OC(=O)[C@]3(C)O[C@]23[C@H](OC(C)=O)[C@H]2[C@@H](C)[C@@H](OC(C)=O)C[C@H](OC(C)=O)[C@]2(C)[C@@H]1OC(C)=O. The number of esters is 6. The fraction of sp³-hybridized carbons (Fsp3) is 0.750. The van der Waals surface area contributed by atoms with Crippen molar-refractivity contribution in [1.82, 2.24) is 0 Å². The van der Waals surface area contributed by atoms with Crippen molar-refractivity contribution in [3.05, 3.63) is 11.6 Å². The summed E-state index contributed by atoms with van der Waals surface area (Å²) in [6, 6.07) is 0. The summed E-state index contributed by atoms with van der Waals surface area (Å²) < 4.78 is 41.9. The van der Waals surface area contributed by atoms with E-state index in [1.165, 1.54) is 27.7 Å². The van der Waals surface area contributed by atoms with Crippen molar-refractivity contribution in [2.45, 2.75) is 136 Å². The lowest BCUT2D eigenvalue weighted by Gasteiger charge is -2.57. The van der Waals surface area contributed by atoms with Crippen molar-refractivity contribution in [2.24, 2.45) is 17.3 Å². The molecule has 2 heterocycles. The topological polar surface area (TPSA) is 170 Å². The molecule has 0 aromatic heterocycles. The van der Waals surface area contributed by atoms with Crippen LogP contribution in [0.15, 0.2) is 11.6 Å². The quantitative estimate of drug-likeness (QED) is 0.173. The smallest absolute Gasteiger partial charge is 0.342 e. The zero-order valence-corrected chi connectivity index (χ0v) is 27.3. The third-order valence-corrected chi connectivity index (χ3v) is 9.74. The second kappa shape index (κ2) is 12.4. The molecule has 13 heteroatoms. The van der Waals surface area contributed by atoms with E-state index in [9.17, 15) is 28.8 Å². The minimum absolute atomic E-state index is 0.00762. The van der Waals surface area contributed by atoms with Gasteiger partial charge >= 0.3 is 35.8 Å². The molecule has 0 aromatic rings. The Morgan fingerprint density at radius 3 is 1.98 bits per heavy atom. The highest BCUT2D eigenvalue weighted by molar-refractivity contribution is 5.89. The molecule has 0 bridgehead atoms. The predicted octanol–water partition coefficient (Wildman–Crippen LogP) is 2.89. The molecule has 45 heavy (non-hydrogen) atoms. The Labute approximate surface area is 262 Å². The Morgan fingerprint density at radius 1 is 0.867 bits per heavy atom. The summed E-state index contributed by atoms with van der Waals surface area (Å²) >= 11 is 0. The third-order valence-electron chi connectivity index (χ3n) is 9.74. The number of hydrogen-bond acceptors (Lipinski definition) is 13. The fourth-order valence-electron chi connectivity index (χ4n) is 7.89. The summed E-state index contributed by atoms with van der Waals surface area (Å²) in [5.41, 5.74) is -3.89. The van der Waals surface area contributed by atoms with Gasteiger partial charge in [0.1, 0.15) is 30.5 Å². The normalized spacial score (nSPS) is 40.2. The molecular formula is C32H44O13. The number of carbonyl (C=O) groups is 6. The van der Waals surface area contributed by atoms with E-state index in [0.717, 1.165) is 0 Å². The molecular weight excluding hydrogens is 592 g/mol. The first-order valence-electron chi connectivity index (χ1n) is 15.4. The van der Waals surface area contributed by atoms with Gasteiger partial charge in [0.05, 0.1) is 5.41 Å². The fourth-order valence-corrected chi connectivity index (χ4v) is 7.89. The highest BCUT2D eigenvalue weighted by atomic mass is 16.7. The van der Waals surface area contributed by atoms with Crippen LogP contribution >= 0.6 is 0 Å². The van der Waals surface area contributed by atoms with Crippen molar-refractivity contribution in [3.8, 4) is 0 Å². The molecule has 11 atom stereocenters. The monoisotopic (exact) mass is 636 g/mol. The van der Waals surface area contributed by atoms with Crippen LogP contribution in [0, 0.1) is 17.3 Å². The summed E-state index contributed by atoms with van der Waals surface area (Å²) in [6.45, 7) is 13.5. The van der Waals surface area contributed by atoms with E-state index in [0.29, 0.717) is 12.0 Å². The lowest BCUT2D eigenvalue weighted by atomic mass is 9.52. The maximum atomic E-state index is 13.3. The Hall–Kier alpha value is -3.48. The molecule has 0 unspecified atom stereocenters. The van der Waals surface area contributed by atoms with Gasteiger partial charge in [-0.1, -0.05) is 26.3 Å². The van der Waals surface area contributed by atoms with Gasteiger partial charge in [0, 0.05) is 58.8 Å². The van der Waals surface area contributed by atoms with Crippen molar-refractivity contribution in [1.29, 1.82) is 0 Å². The minimum atomic E-state index is -1.53. The Morgan fingerprint density at radius 2 is 1.44 bits per heavy atom. The molecule has 1 spiro atoms. The predicted molar refractivity (Wildman–Crippen MR) is 153 cm³/mol. The molecule has 0 amide bonds. The van der Waals surface area contributed by atoms with Gasteiger partial charge in [-0.3, -0.25) is 24.0 Å². The number of rotatable bonds is 7. The van der Waals surface area contributed by atoms with Gasteiger partial charge < -0.3 is 33.2 Å². The number of ether oxygens (including phenoxy) is 7. The first kappa shape index (κ1) is 34.4. The van der Waals surface area contributed by atoms with Crippen LogP contribution in [0.3, 0.4) is 0 Å². The maximum Gasteiger partial charge on any atom is 0.342 e. The summed E-state index contributed by atoms with van der Waals surface area (Å²) in [7, 11) is 0. The number of fused-ring (bicyclic) bond motifs is 1. The molecule has 2 aliphatic carbocycles. The first-order chi connectivity index (χ1) is 20.9. The van der Waals surface area contributed by atoms with Gasteiger partial charge in [0.25, 0.3) is 0 Å². The van der Waals surface area contributed by atoms with Gasteiger partial charge in [0.15, 0.2) is 17.3 Å². The van der Waals surface area contributed by atoms with E-state index in [-0.39, 0.29) is 19.3 Å². The highest BCUT2D eigenvalue weighted by Gasteiger charge is 2.87. The van der Waals surface area contributed by atoms with E-state index in [2.05, 4.69) is 0 Å². The molecule has 0 aromatic carbocycles. The summed E-state index contributed by atoms with van der Waals surface area (Å²) in [5.74, 6) is -5.50. The largest absolute Gasteiger partial charge is 0.462 e. The Bertz CT molecular complexity index is 1290. The van der Waals surface area contributed by atoms with Gasteiger partial charge in [0.2, 0.25) is 0 Å². The van der Waals surface area contributed by atoms with Crippen LogP contribution in [0.5, 0.6) is 0 Å². The average molecular weight is 637 g/mol. The van der Waals surface area contributed by atoms with Crippen LogP contribution in [0.1, 0.15) is 88.0 Å². The van der Waals surface area contributed by atoms with Gasteiger partial charge in [-0.05, 0) is 26.3 Å². The van der Waals surface area contributed by atoms with E-state index in [1.54, 1.807) is 33.8 Å². The second-order valence-corrected chi connectivity index (χ2v) is 13.0. The molecule has 4 aliphatic rings. The maximum absolute atomic E-state index is 13.3. The van der Waals surface area contributed by atoms with Crippen molar-refractivity contribution in [3.63, 3.8) is 0 Å². The molecule has 0 radical (unpaired) electrons. The summed E-state index contributed by atoms with van der Waals surface area (Å²) in [6.07, 6.45) is -4.31. The number of epoxide rings is 1. The standard InChI is InChI=1S/C32H44O13/c1-10-11-25(37)43-22-12-15(2)13-24-32(31(9,45-32)29(38)44-24)28(42-20(7)36)26-16(3)21(39-17(4)33)14-23(40-18(5)34)30(26,8)27(22)41-19(6)35/h13,16,21-24,26-28H,10-12,14H2,1-9H3/t16-,21-,22-,23-,24-,26+,27+,28+,30-,31-,32-/m0/s1. The highest BCUT2D eigenvalue weighted by Crippen LogP contribution is 2.66. The minimum Gasteiger partial charge on any atom is -0.462 e.